The van der Waals surface area contributed by atoms with Gasteiger partial charge in [-0.2, -0.15) is 0 Å². The van der Waals surface area contributed by atoms with Crippen molar-refractivity contribution in [2.24, 2.45) is 0 Å². The van der Waals surface area contributed by atoms with Gasteiger partial charge in [-0.05, 0) is 49.8 Å². The number of hydrogen-bond donors (Lipinski definition) is 0. The average Bonchev–Trinajstić information content (AvgIpc) is 3.39. The molecule has 0 bridgehead atoms. The van der Waals surface area contributed by atoms with Crippen molar-refractivity contribution in [2.45, 2.75) is 13.8 Å². The van der Waals surface area contributed by atoms with Crippen molar-refractivity contribution in [1.29, 1.82) is 0 Å². The Morgan fingerprint density at radius 2 is 1.61 bits per heavy atom. The summed E-state index contributed by atoms with van der Waals surface area (Å²) in [6.07, 6.45) is 1.88. The molecule has 4 rings (SSSR count). The van der Waals surface area contributed by atoms with E-state index in [9.17, 15) is 4.79 Å². The van der Waals surface area contributed by atoms with Gasteiger partial charge in [0.25, 0.3) is 5.56 Å². The van der Waals surface area contributed by atoms with Gasteiger partial charge in [0, 0.05) is 24.3 Å². The molecule has 172 valence electrons. The summed E-state index contributed by atoms with van der Waals surface area (Å²) in [4.78, 5) is 16.1. The van der Waals surface area contributed by atoms with Crippen LogP contribution in [0.15, 0.2) is 41.2 Å². The molecule has 0 spiro atoms. The highest BCUT2D eigenvalue weighted by Gasteiger charge is 2.19. The molecule has 9 heteroatoms. The summed E-state index contributed by atoms with van der Waals surface area (Å²) >= 11 is 1.30. The molecular weight excluding hydrogens is 440 g/mol. The van der Waals surface area contributed by atoms with Gasteiger partial charge in [-0.15, -0.1) is 10.2 Å². The molecule has 0 saturated heterocycles. The highest BCUT2D eigenvalue weighted by atomic mass is 32.1. The number of anilines is 1. The van der Waals surface area contributed by atoms with Crippen LogP contribution in [0.1, 0.15) is 19.4 Å². The number of ether oxygens (including phenoxy) is 3. The highest BCUT2D eigenvalue weighted by molar-refractivity contribution is 7.15. The molecule has 0 aliphatic rings. The van der Waals surface area contributed by atoms with E-state index in [1.165, 1.54) is 15.7 Å². The molecule has 0 N–H and O–H groups in total. The molecule has 0 radical (unpaired) electrons. The molecular formula is C24H26N4O4S. The van der Waals surface area contributed by atoms with Gasteiger partial charge in [0.05, 0.1) is 25.9 Å². The van der Waals surface area contributed by atoms with Crippen molar-refractivity contribution in [3.05, 3.63) is 56.8 Å². The molecule has 2 aromatic heterocycles. The summed E-state index contributed by atoms with van der Waals surface area (Å²) in [6, 6.07) is 11.7. The third-order valence-electron chi connectivity index (χ3n) is 5.49. The van der Waals surface area contributed by atoms with Crippen LogP contribution in [0, 0.1) is 0 Å². The number of benzene rings is 2. The Hall–Kier alpha value is -3.59. The lowest BCUT2D eigenvalue weighted by atomic mass is 10.1. The van der Waals surface area contributed by atoms with E-state index in [1.807, 2.05) is 18.2 Å². The van der Waals surface area contributed by atoms with Crippen LogP contribution < -0.4 is 29.2 Å². The van der Waals surface area contributed by atoms with Crippen LogP contribution >= 0.6 is 11.3 Å². The minimum absolute atomic E-state index is 0.170. The van der Waals surface area contributed by atoms with E-state index in [4.69, 9.17) is 14.2 Å². The normalized spacial score (nSPS) is 11.7. The van der Waals surface area contributed by atoms with Gasteiger partial charge >= 0.3 is 0 Å². The second kappa shape index (κ2) is 9.50. The molecule has 0 aliphatic heterocycles. The third kappa shape index (κ3) is 4.11. The summed E-state index contributed by atoms with van der Waals surface area (Å²) in [5.41, 5.74) is 2.59. The van der Waals surface area contributed by atoms with Gasteiger partial charge < -0.3 is 19.1 Å². The van der Waals surface area contributed by atoms with Gasteiger partial charge in [-0.1, -0.05) is 23.5 Å². The predicted molar refractivity (Wildman–Crippen MR) is 131 cm³/mol. The first kappa shape index (κ1) is 22.6. The second-order valence-electron chi connectivity index (χ2n) is 7.24. The first-order valence-electron chi connectivity index (χ1n) is 10.6. The maximum Gasteiger partial charge on any atom is 0.276 e. The molecule has 0 atom stereocenters. The van der Waals surface area contributed by atoms with Gasteiger partial charge in [0.15, 0.2) is 17.3 Å². The minimum atomic E-state index is -0.170. The molecule has 0 saturated carbocycles. The van der Waals surface area contributed by atoms with Crippen LogP contribution in [0.25, 0.3) is 22.4 Å². The van der Waals surface area contributed by atoms with Crippen molar-refractivity contribution in [2.75, 3.05) is 39.3 Å². The fourth-order valence-corrected chi connectivity index (χ4v) is 4.69. The van der Waals surface area contributed by atoms with Crippen LogP contribution in [0.5, 0.6) is 17.2 Å². The third-order valence-corrected chi connectivity index (χ3v) is 6.45. The summed E-state index contributed by atoms with van der Waals surface area (Å²) in [5.74, 6) is 1.85. The number of fused-ring (bicyclic) bond motifs is 1. The van der Waals surface area contributed by atoms with Crippen LogP contribution in [0.4, 0.5) is 5.69 Å². The Morgan fingerprint density at radius 1 is 0.970 bits per heavy atom. The van der Waals surface area contributed by atoms with Gasteiger partial charge in [-0.3, -0.25) is 4.79 Å². The van der Waals surface area contributed by atoms with Crippen molar-refractivity contribution in [3.63, 3.8) is 0 Å². The van der Waals surface area contributed by atoms with E-state index in [1.54, 1.807) is 33.5 Å². The molecule has 2 aromatic carbocycles. The molecule has 0 fully saturated rings. The van der Waals surface area contributed by atoms with Crippen molar-refractivity contribution >= 4 is 28.1 Å². The lowest BCUT2D eigenvalue weighted by Gasteiger charge is -2.20. The zero-order chi connectivity index (χ0) is 23.5. The second-order valence-corrected chi connectivity index (χ2v) is 8.24. The Morgan fingerprint density at radius 3 is 2.15 bits per heavy atom. The number of hydrogen-bond acceptors (Lipinski definition) is 8. The van der Waals surface area contributed by atoms with Crippen LogP contribution in [-0.2, 0) is 0 Å². The van der Waals surface area contributed by atoms with E-state index in [0.29, 0.717) is 38.1 Å². The van der Waals surface area contributed by atoms with Crippen molar-refractivity contribution in [1.82, 2.24) is 14.6 Å². The SMILES string of the molecule is CCN(CC)c1ccc(/C=c2\sc3nnc(-c4cc(OC)c(OC)c(OC)c4)n3c2=O)cc1. The fraction of sp³-hybridized carbons (Fsp3) is 0.292. The summed E-state index contributed by atoms with van der Waals surface area (Å²) in [7, 11) is 4.63. The Labute approximate surface area is 195 Å². The van der Waals surface area contributed by atoms with Crippen LogP contribution in [0.2, 0.25) is 0 Å². The molecule has 33 heavy (non-hydrogen) atoms. The zero-order valence-electron chi connectivity index (χ0n) is 19.3. The highest BCUT2D eigenvalue weighted by Crippen LogP contribution is 2.40. The van der Waals surface area contributed by atoms with Gasteiger partial charge in [0.2, 0.25) is 10.7 Å². The summed E-state index contributed by atoms with van der Waals surface area (Å²) in [5, 5.41) is 8.47. The monoisotopic (exact) mass is 466 g/mol. The number of rotatable bonds is 8. The van der Waals surface area contributed by atoms with Crippen LogP contribution in [-0.4, -0.2) is 49.0 Å². The van der Waals surface area contributed by atoms with Crippen molar-refractivity contribution < 1.29 is 14.2 Å². The Balaban J connectivity index is 1.79. The fourth-order valence-electron chi connectivity index (χ4n) is 3.78. The zero-order valence-corrected chi connectivity index (χ0v) is 20.1. The molecule has 0 unspecified atom stereocenters. The number of aromatic nitrogens is 3. The largest absolute Gasteiger partial charge is 0.493 e. The molecule has 2 heterocycles. The van der Waals surface area contributed by atoms with E-state index in [0.717, 1.165) is 24.3 Å². The van der Waals surface area contributed by atoms with Crippen LogP contribution in [0.3, 0.4) is 0 Å². The number of thiazole rings is 1. The van der Waals surface area contributed by atoms with E-state index < -0.39 is 0 Å². The maximum atomic E-state index is 13.3. The standard InChI is InChI=1S/C24H26N4O4S/c1-6-27(7-2)17-10-8-15(9-11-17)12-20-23(29)28-22(25-26-24(28)33-20)16-13-18(30-3)21(32-5)19(14-16)31-4/h8-14H,6-7H2,1-5H3/b20-12-. The quantitative estimate of drug-likeness (QED) is 0.394. The van der Waals surface area contributed by atoms with E-state index >= 15 is 0 Å². The molecule has 0 amide bonds. The van der Waals surface area contributed by atoms with E-state index in [2.05, 4.69) is 41.1 Å². The first-order chi connectivity index (χ1) is 16.0. The average molecular weight is 467 g/mol. The minimum Gasteiger partial charge on any atom is -0.493 e. The molecule has 0 aliphatic carbocycles. The van der Waals surface area contributed by atoms with Gasteiger partial charge in [-0.25, -0.2) is 4.40 Å². The Kier molecular flexibility index (Phi) is 6.50. The topological polar surface area (TPSA) is 78.2 Å². The number of nitrogens with zero attached hydrogens (tertiary/aromatic N) is 4. The van der Waals surface area contributed by atoms with E-state index in [-0.39, 0.29) is 5.56 Å². The maximum absolute atomic E-state index is 13.3. The molecule has 8 nitrogen and oxygen atoms in total. The lowest BCUT2D eigenvalue weighted by molar-refractivity contribution is 0.324. The van der Waals surface area contributed by atoms with Crippen molar-refractivity contribution in [3.8, 4) is 28.6 Å². The molecule has 4 aromatic rings. The predicted octanol–water partition coefficient (Wildman–Crippen LogP) is 3.24. The lowest BCUT2D eigenvalue weighted by Crippen LogP contribution is -2.23. The summed E-state index contributed by atoms with van der Waals surface area (Å²) in [6.45, 7) is 6.16. The smallest absolute Gasteiger partial charge is 0.276 e. The Bertz CT molecular complexity index is 1350. The first-order valence-corrected chi connectivity index (χ1v) is 11.4. The van der Waals surface area contributed by atoms with Gasteiger partial charge in [0.1, 0.15) is 0 Å². The summed E-state index contributed by atoms with van der Waals surface area (Å²) < 4.78 is 18.4. The number of methoxy groups -OCH3 is 3.